The summed E-state index contributed by atoms with van der Waals surface area (Å²) < 4.78 is 27.5. The van der Waals surface area contributed by atoms with E-state index in [9.17, 15) is 13.2 Å². The second kappa shape index (κ2) is 8.05. The number of hydrogen-bond acceptors (Lipinski definition) is 3. The number of aryl methyl sites for hydroxylation is 2. The third-order valence-electron chi connectivity index (χ3n) is 5.07. The molecule has 1 aliphatic rings. The van der Waals surface area contributed by atoms with E-state index in [4.69, 9.17) is 0 Å². The number of rotatable bonds is 4. The van der Waals surface area contributed by atoms with E-state index in [1.807, 2.05) is 32.0 Å². The van der Waals surface area contributed by atoms with Gasteiger partial charge in [-0.1, -0.05) is 19.9 Å². The smallest absolute Gasteiger partial charge is 0.255 e. The van der Waals surface area contributed by atoms with Gasteiger partial charge in [-0.25, -0.2) is 8.42 Å². The first-order valence-corrected chi connectivity index (χ1v) is 11.1. The molecule has 28 heavy (non-hydrogen) atoms. The van der Waals surface area contributed by atoms with Crippen molar-refractivity contribution in [1.29, 1.82) is 0 Å². The lowest BCUT2D eigenvalue weighted by Crippen LogP contribution is -2.42. The Kier molecular flexibility index (Phi) is 5.91. The number of carbonyl (C=O) groups is 1. The van der Waals surface area contributed by atoms with Gasteiger partial charge in [0.1, 0.15) is 0 Å². The fourth-order valence-corrected chi connectivity index (χ4v) is 5.66. The maximum atomic E-state index is 13.0. The summed E-state index contributed by atoms with van der Waals surface area (Å²) in [5.74, 6) is 0.442. The van der Waals surface area contributed by atoms with Crippen LogP contribution >= 0.6 is 0 Å². The highest BCUT2D eigenvalue weighted by Gasteiger charge is 2.31. The lowest BCUT2D eigenvalue weighted by Gasteiger charge is -2.34. The van der Waals surface area contributed by atoms with Gasteiger partial charge in [0.05, 0.1) is 4.90 Å². The number of nitrogens with zero attached hydrogens (tertiary/aromatic N) is 1. The van der Waals surface area contributed by atoms with Crippen LogP contribution in [0, 0.1) is 25.7 Å². The third kappa shape index (κ3) is 4.62. The van der Waals surface area contributed by atoms with Gasteiger partial charge in [0.15, 0.2) is 0 Å². The number of anilines is 1. The monoisotopic (exact) mass is 400 g/mol. The zero-order valence-corrected chi connectivity index (χ0v) is 17.7. The Bertz CT molecular complexity index is 938. The number of piperidine rings is 1. The molecule has 2 atom stereocenters. The summed E-state index contributed by atoms with van der Waals surface area (Å²) in [6, 6.07) is 12.0. The highest BCUT2D eigenvalue weighted by molar-refractivity contribution is 7.89. The summed E-state index contributed by atoms with van der Waals surface area (Å²) in [6.07, 6.45) is 1.05. The minimum absolute atomic E-state index is 0.233. The van der Waals surface area contributed by atoms with Gasteiger partial charge in [-0.15, -0.1) is 0 Å². The predicted molar refractivity (Wildman–Crippen MR) is 112 cm³/mol. The summed E-state index contributed by atoms with van der Waals surface area (Å²) in [4.78, 5) is 12.7. The van der Waals surface area contributed by atoms with E-state index in [2.05, 4.69) is 19.2 Å². The Morgan fingerprint density at radius 2 is 1.50 bits per heavy atom. The minimum Gasteiger partial charge on any atom is -0.322 e. The third-order valence-corrected chi connectivity index (χ3v) is 6.92. The van der Waals surface area contributed by atoms with E-state index >= 15 is 0 Å². The van der Waals surface area contributed by atoms with Crippen LogP contribution in [0.15, 0.2) is 47.4 Å². The zero-order valence-electron chi connectivity index (χ0n) is 16.9. The Morgan fingerprint density at radius 1 is 0.964 bits per heavy atom. The van der Waals surface area contributed by atoms with E-state index in [-0.39, 0.29) is 10.8 Å². The largest absolute Gasteiger partial charge is 0.322 e. The molecule has 0 aliphatic carbocycles. The average molecular weight is 401 g/mol. The highest BCUT2D eigenvalue weighted by Crippen LogP contribution is 2.27. The Morgan fingerprint density at radius 3 is 2.04 bits per heavy atom. The molecule has 0 bridgehead atoms. The van der Waals surface area contributed by atoms with Crippen LogP contribution in [0.4, 0.5) is 5.69 Å². The van der Waals surface area contributed by atoms with Gasteiger partial charge in [-0.05, 0) is 79.6 Å². The van der Waals surface area contributed by atoms with E-state index in [0.717, 1.165) is 23.2 Å². The second-order valence-corrected chi connectivity index (χ2v) is 10.1. The van der Waals surface area contributed by atoms with Crippen molar-refractivity contribution in [3.8, 4) is 0 Å². The maximum absolute atomic E-state index is 13.0. The SMILES string of the molecule is Cc1cc(C)cc(NC(=O)c2ccc(S(=O)(=O)N3C[C@H](C)C[C@H](C)C3)cc2)c1. The minimum atomic E-state index is -3.54. The number of nitrogens with one attached hydrogen (secondary N) is 1. The Balaban J connectivity index is 1.76. The molecule has 6 heteroatoms. The van der Waals surface area contributed by atoms with Crippen molar-refractivity contribution >= 4 is 21.6 Å². The van der Waals surface area contributed by atoms with Crippen LogP contribution in [-0.4, -0.2) is 31.7 Å². The second-order valence-electron chi connectivity index (χ2n) is 8.12. The fraction of sp³-hybridized carbons (Fsp3) is 0.409. The first-order chi connectivity index (χ1) is 13.1. The van der Waals surface area contributed by atoms with Crippen LogP contribution in [0.5, 0.6) is 0 Å². The maximum Gasteiger partial charge on any atom is 0.255 e. The molecule has 5 nitrogen and oxygen atoms in total. The summed E-state index contributed by atoms with van der Waals surface area (Å²) in [6.45, 7) is 9.20. The molecule has 1 N–H and O–H groups in total. The van der Waals surface area contributed by atoms with Gasteiger partial charge < -0.3 is 5.32 Å². The van der Waals surface area contributed by atoms with Crippen LogP contribution in [0.2, 0.25) is 0 Å². The Labute approximate surface area is 167 Å². The van der Waals surface area contributed by atoms with E-state index in [0.29, 0.717) is 30.5 Å². The number of hydrogen-bond donors (Lipinski definition) is 1. The number of amides is 1. The molecule has 3 rings (SSSR count). The topological polar surface area (TPSA) is 66.5 Å². The van der Waals surface area contributed by atoms with Gasteiger partial charge in [-0.3, -0.25) is 4.79 Å². The number of benzene rings is 2. The van der Waals surface area contributed by atoms with Gasteiger partial charge >= 0.3 is 0 Å². The van der Waals surface area contributed by atoms with Crippen molar-refractivity contribution in [2.45, 2.75) is 39.0 Å². The van der Waals surface area contributed by atoms with E-state index in [1.165, 1.54) is 12.1 Å². The first-order valence-electron chi connectivity index (χ1n) is 9.65. The zero-order chi connectivity index (χ0) is 20.5. The fourth-order valence-electron chi connectivity index (χ4n) is 3.98. The standard InChI is InChI=1S/C22H28N2O3S/c1-15-9-16(2)12-20(11-15)23-22(25)19-5-7-21(8-6-19)28(26,27)24-13-17(3)10-18(4)14-24/h5-9,11-12,17-18H,10,13-14H2,1-4H3,(H,23,25)/t17-,18+. The molecule has 2 aromatic rings. The normalized spacial score (nSPS) is 20.7. The summed E-state index contributed by atoms with van der Waals surface area (Å²) in [7, 11) is -3.54. The molecule has 1 heterocycles. The van der Waals surface area contributed by atoms with Crippen molar-refractivity contribution in [3.63, 3.8) is 0 Å². The van der Waals surface area contributed by atoms with Crippen LogP contribution in [0.3, 0.4) is 0 Å². The first kappa shape index (κ1) is 20.6. The average Bonchev–Trinajstić information content (AvgIpc) is 2.60. The molecule has 1 saturated heterocycles. The highest BCUT2D eigenvalue weighted by atomic mass is 32.2. The summed E-state index contributed by atoms with van der Waals surface area (Å²) >= 11 is 0. The molecular formula is C22H28N2O3S. The van der Waals surface area contributed by atoms with Gasteiger partial charge in [-0.2, -0.15) is 4.31 Å². The van der Waals surface area contributed by atoms with Crippen LogP contribution in [-0.2, 0) is 10.0 Å². The molecule has 0 radical (unpaired) electrons. The van der Waals surface area contributed by atoms with Crippen molar-refractivity contribution in [2.75, 3.05) is 18.4 Å². The molecule has 1 fully saturated rings. The molecule has 1 aliphatic heterocycles. The van der Waals surface area contributed by atoms with Crippen molar-refractivity contribution in [2.24, 2.45) is 11.8 Å². The van der Waals surface area contributed by atoms with E-state index in [1.54, 1.807) is 16.4 Å². The van der Waals surface area contributed by atoms with Gasteiger partial charge in [0.2, 0.25) is 10.0 Å². The lowest BCUT2D eigenvalue weighted by atomic mass is 9.94. The van der Waals surface area contributed by atoms with Crippen LogP contribution < -0.4 is 5.32 Å². The predicted octanol–water partition coefficient (Wildman–Crippen LogP) is 4.22. The number of carbonyl (C=O) groups excluding carboxylic acids is 1. The van der Waals surface area contributed by atoms with Crippen molar-refractivity contribution in [3.05, 3.63) is 59.2 Å². The lowest BCUT2D eigenvalue weighted by molar-refractivity contribution is 0.102. The van der Waals surface area contributed by atoms with Gasteiger partial charge in [0.25, 0.3) is 5.91 Å². The van der Waals surface area contributed by atoms with Crippen LogP contribution in [0.1, 0.15) is 41.8 Å². The molecule has 2 aromatic carbocycles. The Hall–Kier alpha value is -2.18. The van der Waals surface area contributed by atoms with Crippen molar-refractivity contribution in [1.82, 2.24) is 4.31 Å². The molecule has 0 saturated carbocycles. The molecule has 0 unspecified atom stereocenters. The summed E-state index contributed by atoms with van der Waals surface area (Å²) in [5, 5.41) is 2.87. The molecule has 150 valence electrons. The van der Waals surface area contributed by atoms with Crippen LogP contribution in [0.25, 0.3) is 0 Å². The quantitative estimate of drug-likeness (QED) is 0.835. The summed E-state index contributed by atoms with van der Waals surface area (Å²) in [5.41, 5.74) is 3.30. The molecule has 1 amide bonds. The molecular weight excluding hydrogens is 372 g/mol. The van der Waals surface area contributed by atoms with Gasteiger partial charge in [0, 0.05) is 24.3 Å². The number of sulfonamides is 1. The molecule has 0 aromatic heterocycles. The van der Waals surface area contributed by atoms with Crippen molar-refractivity contribution < 1.29 is 13.2 Å². The molecule has 0 spiro atoms. The van der Waals surface area contributed by atoms with E-state index < -0.39 is 10.0 Å².